The van der Waals surface area contributed by atoms with Gasteiger partial charge in [-0.3, -0.25) is 4.79 Å². The van der Waals surface area contributed by atoms with E-state index in [4.69, 9.17) is 15.9 Å². The van der Waals surface area contributed by atoms with E-state index in [-0.39, 0.29) is 12.5 Å². The highest BCUT2D eigenvalue weighted by Crippen LogP contribution is 2.20. The predicted molar refractivity (Wildman–Crippen MR) is 126 cm³/mol. The first kappa shape index (κ1) is 23.3. The third-order valence-electron chi connectivity index (χ3n) is 4.74. The van der Waals surface area contributed by atoms with E-state index >= 15 is 0 Å². The van der Waals surface area contributed by atoms with Gasteiger partial charge in [-0.25, -0.2) is 4.79 Å². The second kappa shape index (κ2) is 11.3. The molecule has 7 heteroatoms. The van der Waals surface area contributed by atoms with Gasteiger partial charge >= 0.3 is 5.97 Å². The van der Waals surface area contributed by atoms with Gasteiger partial charge in [0.05, 0.1) is 35.5 Å². The van der Waals surface area contributed by atoms with Crippen molar-refractivity contribution >= 4 is 33.4 Å². The molecule has 0 aliphatic rings. The van der Waals surface area contributed by atoms with Gasteiger partial charge in [-0.1, -0.05) is 43.1 Å². The van der Waals surface area contributed by atoms with E-state index in [2.05, 4.69) is 17.8 Å². The molecule has 0 saturated carbocycles. The minimum absolute atomic E-state index is 0.255. The van der Waals surface area contributed by atoms with Gasteiger partial charge in [0, 0.05) is 5.56 Å². The molecule has 0 radical (unpaired) electrons. The molecule has 0 unspecified atom stereocenters. The average molecular weight is 451 g/mol. The van der Waals surface area contributed by atoms with Gasteiger partial charge in [0.1, 0.15) is 5.75 Å². The van der Waals surface area contributed by atoms with Gasteiger partial charge in [0.15, 0.2) is 4.80 Å². The number of benzene rings is 2. The molecule has 3 aromatic rings. The number of hydrogen-bond donors (Lipinski definition) is 0. The fourth-order valence-electron chi connectivity index (χ4n) is 3.16. The molecule has 0 fully saturated rings. The van der Waals surface area contributed by atoms with Crippen LogP contribution in [0, 0.1) is 12.3 Å². The number of aromatic nitrogens is 1. The van der Waals surface area contributed by atoms with Crippen molar-refractivity contribution in [2.45, 2.75) is 39.7 Å². The molecule has 0 bridgehead atoms. The Kier molecular flexibility index (Phi) is 8.23. The van der Waals surface area contributed by atoms with Crippen molar-refractivity contribution in [1.82, 2.24) is 4.57 Å². The van der Waals surface area contributed by atoms with Crippen LogP contribution in [-0.2, 0) is 11.3 Å². The Morgan fingerprint density at radius 3 is 2.72 bits per heavy atom. The number of unbranched alkanes of at least 4 members (excludes halogenated alkanes) is 2. The molecule has 166 valence electrons. The van der Waals surface area contributed by atoms with Gasteiger partial charge < -0.3 is 14.0 Å². The zero-order valence-corrected chi connectivity index (χ0v) is 19.1. The molecule has 0 saturated heterocycles. The van der Waals surface area contributed by atoms with Crippen molar-refractivity contribution in [3.05, 3.63) is 58.4 Å². The number of nitrogens with zero attached hydrogens (tertiary/aromatic N) is 2. The van der Waals surface area contributed by atoms with E-state index in [1.807, 2.05) is 6.07 Å². The highest BCUT2D eigenvalue weighted by Gasteiger charge is 2.13. The first-order valence-corrected chi connectivity index (χ1v) is 11.4. The number of terminal acetylenes is 1. The van der Waals surface area contributed by atoms with Gasteiger partial charge in [-0.05, 0) is 49.7 Å². The fourth-order valence-corrected chi connectivity index (χ4v) is 4.22. The molecular weight excluding hydrogens is 424 g/mol. The number of carbonyl (C=O) groups excluding carboxylic acids is 2. The van der Waals surface area contributed by atoms with Crippen molar-refractivity contribution in [1.29, 1.82) is 0 Å². The number of hydrogen-bond acceptors (Lipinski definition) is 5. The zero-order chi connectivity index (χ0) is 22.9. The second-order valence-electron chi connectivity index (χ2n) is 7.08. The number of amides is 1. The summed E-state index contributed by atoms with van der Waals surface area (Å²) in [4.78, 5) is 29.7. The lowest BCUT2D eigenvalue weighted by Gasteiger charge is -2.06. The molecule has 6 nitrogen and oxygen atoms in total. The minimum Gasteiger partial charge on any atom is -0.494 e. The summed E-state index contributed by atoms with van der Waals surface area (Å²) in [5.74, 6) is 2.48. The van der Waals surface area contributed by atoms with E-state index < -0.39 is 5.97 Å². The van der Waals surface area contributed by atoms with Crippen LogP contribution in [0.5, 0.6) is 5.75 Å². The van der Waals surface area contributed by atoms with E-state index in [1.54, 1.807) is 47.9 Å². The number of ether oxygens (including phenoxy) is 2. The summed E-state index contributed by atoms with van der Waals surface area (Å²) < 4.78 is 13.4. The maximum absolute atomic E-state index is 12.9. The summed E-state index contributed by atoms with van der Waals surface area (Å²) in [7, 11) is 0. The van der Waals surface area contributed by atoms with E-state index in [1.165, 1.54) is 11.3 Å². The van der Waals surface area contributed by atoms with Crippen molar-refractivity contribution in [3.63, 3.8) is 0 Å². The molecule has 1 amide bonds. The molecule has 1 heterocycles. The SMILES string of the molecule is C#CCn1c(=NC(=O)c2cccc(OCCCCC)c2)sc2cc(C(=O)OCC)ccc21. The minimum atomic E-state index is -0.392. The van der Waals surface area contributed by atoms with Crippen LogP contribution in [-0.4, -0.2) is 29.7 Å². The molecule has 3 rings (SSSR count). The van der Waals surface area contributed by atoms with Gasteiger partial charge in [-0.15, -0.1) is 6.42 Å². The molecule has 32 heavy (non-hydrogen) atoms. The lowest BCUT2D eigenvalue weighted by molar-refractivity contribution is 0.0526. The van der Waals surface area contributed by atoms with Crippen LogP contribution < -0.4 is 9.54 Å². The number of carbonyl (C=O) groups is 2. The second-order valence-corrected chi connectivity index (χ2v) is 8.09. The molecule has 2 aromatic carbocycles. The largest absolute Gasteiger partial charge is 0.494 e. The van der Waals surface area contributed by atoms with Crippen molar-refractivity contribution < 1.29 is 19.1 Å². The fraction of sp³-hybridized carbons (Fsp3) is 0.320. The van der Waals surface area contributed by atoms with Crippen LogP contribution in [0.15, 0.2) is 47.5 Å². The number of rotatable bonds is 9. The summed E-state index contributed by atoms with van der Waals surface area (Å²) in [6, 6.07) is 12.2. The lowest BCUT2D eigenvalue weighted by atomic mass is 10.2. The number of esters is 1. The summed E-state index contributed by atoms with van der Waals surface area (Å²) in [5, 5.41) is 0. The van der Waals surface area contributed by atoms with Crippen LogP contribution in [0.25, 0.3) is 10.2 Å². The zero-order valence-electron chi connectivity index (χ0n) is 18.3. The Balaban J connectivity index is 1.93. The molecule has 0 aliphatic heterocycles. The normalized spacial score (nSPS) is 11.3. The Labute approximate surface area is 191 Å². The maximum Gasteiger partial charge on any atom is 0.338 e. The van der Waals surface area contributed by atoms with Gasteiger partial charge in [0.2, 0.25) is 0 Å². The standard InChI is InChI=1S/C25H26N2O4S/c1-4-7-8-15-31-20-11-9-10-18(16-20)23(28)26-25-27(14-5-2)21-13-12-19(17-22(21)32-25)24(29)30-6-3/h2,9-13,16-17H,4,6-8,14-15H2,1,3H3. The highest BCUT2D eigenvalue weighted by atomic mass is 32.1. The molecule has 0 N–H and O–H groups in total. The Bertz CT molecular complexity index is 1220. The summed E-state index contributed by atoms with van der Waals surface area (Å²) in [6.45, 7) is 5.07. The third-order valence-corrected chi connectivity index (χ3v) is 5.78. The monoisotopic (exact) mass is 450 g/mol. The van der Waals surface area contributed by atoms with E-state index in [0.717, 1.165) is 29.5 Å². The van der Waals surface area contributed by atoms with Gasteiger partial charge in [-0.2, -0.15) is 4.99 Å². The summed E-state index contributed by atoms with van der Waals surface area (Å²) in [6.07, 6.45) is 8.74. The molecule has 1 aromatic heterocycles. The van der Waals surface area contributed by atoms with Crippen LogP contribution in [0.2, 0.25) is 0 Å². The van der Waals surface area contributed by atoms with Crippen LogP contribution in [0.3, 0.4) is 0 Å². The Morgan fingerprint density at radius 2 is 1.97 bits per heavy atom. The highest BCUT2D eigenvalue weighted by molar-refractivity contribution is 7.16. The van der Waals surface area contributed by atoms with E-state index in [9.17, 15) is 9.59 Å². The molecule has 0 spiro atoms. The van der Waals surface area contributed by atoms with Crippen molar-refractivity contribution in [2.24, 2.45) is 4.99 Å². The third kappa shape index (κ3) is 5.65. The topological polar surface area (TPSA) is 69.9 Å². The van der Waals surface area contributed by atoms with E-state index in [0.29, 0.717) is 34.9 Å². The average Bonchev–Trinajstić information content (AvgIpc) is 3.13. The quantitative estimate of drug-likeness (QED) is 0.266. The predicted octanol–water partition coefficient (Wildman–Crippen LogP) is 4.82. The Hall–Kier alpha value is -3.37. The number of fused-ring (bicyclic) bond motifs is 1. The summed E-state index contributed by atoms with van der Waals surface area (Å²) in [5.41, 5.74) is 1.69. The first-order chi connectivity index (χ1) is 15.6. The van der Waals surface area contributed by atoms with Crippen molar-refractivity contribution in [3.8, 4) is 18.1 Å². The molecular formula is C25H26N2O4S. The van der Waals surface area contributed by atoms with Crippen LogP contribution >= 0.6 is 11.3 Å². The summed E-state index contributed by atoms with van der Waals surface area (Å²) >= 11 is 1.30. The van der Waals surface area contributed by atoms with Crippen molar-refractivity contribution in [2.75, 3.05) is 13.2 Å². The molecule has 0 atom stereocenters. The van der Waals surface area contributed by atoms with Crippen LogP contribution in [0.4, 0.5) is 0 Å². The van der Waals surface area contributed by atoms with Gasteiger partial charge in [0.25, 0.3) is 5.91 Å². The smallest absolute Gasteiger partial charge is 0.338 e. The molecule has 0 aliphatic carbocycles. The maximum atomic E-state index is 12.9. The lowest BCUT2D eigenvalue weighted by Crippen LogP contribution is -2.16. The Morgan fingerprint density at radius 1 is 1.12 bits per heavy atom. The first-order valence-electron chi connectivity index (χ1n) is 10.6. The number of thiazole rings is 1. The van der Waals surface area contributed by atoms with Crippen LogP contribution in [0.1, 0.15) is 53.8 Å².